The number of benzene rings is 1. The van der Waals surface area contributed by atoms with Crippen LogP contribution in [0.15, 0.2) is 23.1 Å². The normalized spacial score (nSPS) is 22.8. The lowest BCUT2D eigenvalue weighted by atomic mass is 10.1. The zero-order valence-corrected chi connectivity index (χ0v) is 8.21. The molecule has 1 aliphatic rings. The Morgan fingerprint density at radius 3 is 3.00 bits per heavy atom. The molecular formula is C10H12O2S. The van der Waals surface area contributed by atoms with E-state index in [0.717, 1.165) is 12.0 Å². The van der Waals surface area contributed by atoms with Crippen LogP contribution in [0.25, 0.3) is 0 Å². The molecule has 3 heteroatoms. The molecular weight excluding hydrogens is 184 g/mol. The van der Waals surface area contributed by atoms with E-state index in [0.29, 0.717) is 5.75 Å². The van der Waals surface area contributed by atoms with Crippen molar-refractivity contribution in [3.63, 3.8) is 0 Å². The maximum atomic E-state index is 9.41. The lowest BCUT2D eigenvalue weighted by Gasteiger charge is -2.10. The highest BCUT2D eigenvalue weighted by Crippen LogP contribution is 2.39. The molecule has 0 radical (unpaired) electrons. The van der Waals surface area contributed by atoms with Crippen LogP contribution in [-0.2, 0) is 6.42 Å². The monoisotopic (exact) mass is 196 g/mol. The molecule has 0 saturated heterocycles. The quantitative estimate of drug-likeness (QED) is 0.719. The molecule has 1 heterocycles. The van der Waals surface area contributed by atoms with E-state index >= 15 is 0 Å². The van der Waals surface area contributed by atoms with Crippen LogP contribution in [0.1, 0.15) is 12.5 Å². The number of thioether (sulfide) groups is 1. The van der Waals surface area contributed by atoms with Gasteiger partial charge in [0.05, 0.1) is 6.10 Å². The van der Waals surface area contributed by atoms with E-state index in [9.17, 15) is 10.2 Å². The first-order valence-electron chi connectivity index (χ1n) is 4.33. The molecule has 1 aromatic carbocycles. The fourth-order valence-corrected chi connectivity index (χ4v) is 2.76. The molecule has 0 amide bonds. The van der Waals surface area contributed by atoms with Gasteiger partial charge in [-0.15, -0.1) is 11.8 Å². The van der Waals surface area contributed by atoms with Crippen LogP contribution in [-0.4, -0.2) is 21.6 Å². The second-order valence-corrected chi connectivity index (χ2v) is 4.67. The van der Waals surface area contributed by atoms with Gasteiger partial charge in [-0.25, -0.2) is 0 Å². The Labute approximate surface area is 81.6 Å². The van der Waals surface area contributed by atoms with Gasteiger partial charge in [-0.2, -0.15) is 0 Å². The first kappa shape index (κ1) is 8.91. The third kappa shape index (κ3) is 1.67. The second kappa shape index (κ2) is 3.24. The summed E-state index contributed by atoms with van der Waals surface area (Å²) in [5, 5.41) is 18.9. The zero-order chi connectivity index (χ0) is 9.42. The van der Waals surface area contributed by atoms with E-state index in [-0.39, 0.29) is 11.4 Å². The largest absolute Gasteiger partial charge is 0.508 e. The first-order chi connectivity index (χ1) is 6.16. The summed E-state index contributed by atoms with van der Waals surface area (Å²) in [6.45, 7) is 1.81. The molecule has 2 atom stereocenters. The van der Waals surface area contributed by atoms with E-state index in [4.69, 9.17) is 0 Å². The van der Waals surface area contributed by atoms with Crippen LogP contribution in [0.5, 0.6) is 5.75 Å². The van der Waals surface area contributed by atoms with Crippen molar-refractivity contribution in [2.45, 2.75) is 29.6 Å². The number of aliphatic hydroxyl groups excluding tert-OH is 1. The van der Waals surface area contributed by atoms with Crippen molar-refractivity contribution in [2.24, 2.45) is 0 Å². The van der Waals surface area contributed by atoms with Crippen LogP contribution < -0.4 is 0 Å². The highest BCUT2D eigenvalue weighted by molar-refractivity contribution is 8.00. The summed E-state index contributed by atoms with van der Waals surface area (Å²) in [4.78, 5) is 1.18. The van der Waals surface area contributed by atoms with Crippen LogP contribution in [0.4, 0.5) is 0 Å². The maximum Gasteiger partial charge on any atom is 0.115 e. The molecule has 2 nitrogen and oxygen atoms in total. The van der Waals surface area contributed by atoms with Crippen molar-refractivity contribution < 1.29 is 10.2 Å². The topological polar surface area (TPSA) is 40.5 Å². The fourth-order valence-electron chi connectivity index (χ4n) is 1.53. The van der Waals surface area contributed by atoms with Gasteiger partial charge >= 0.3 is 0 Å². The lowest BCUT2D eigenvalue weighted by Crippen LogP contribution is -2.17. The molecule has 13 heavy (non-hydrogen) atoms. The third-order valence-electron chi connectivity index (χ3n) is 2.28. The standard InChI is InChI=1S/C10H12O2S/c1-6(11)10-5-7-4-8(12)2-3-9(7)13-10/h2-4,6,10-12H,5H2,1H3. The fraction of sp³-hybridized carbons (Fsp3) is 0.400. The van der Waals surface area contributed by atoms with Gasteiger partial charge in [0.15, 0.2) is 0 Å². The van der Waals surface area contributed by atoms with Crippen molar-refractivity contribution in [3.05, 3.63) is 23.8 Å². The zero-order valence-electron chi connectivity index (χ0n) is 7.40. The SMILES string of the molecule is CC(O)C1Cc2cc(O)ccc2S1. The van der Waals surface area contributed by atoms with Gasteiger partial charge in [0.1, 0.15) is 5.75 Å². The highest BCUT2D eigenvalue weighted by Gasteiger charge is 2.25. The number of phenols is 1. The van der Waals surface area contributed by atoms with Gasteiger partial charge < -0.3 is 10.2 Å². The number of aliphatic hydroxyl groups is 1. The predicted octanol–water partition coefficient (Wildman–Crippen LogP) is 1.79. The summed E-state index contributed by atoms with van der Waals surface area (Å²) in [5.41, 5.74) is 1.15. The summed E-state index contributed by atoms with van der Waals surface area (Å²) in [5.74, 6) is 0.311. The Balaban J connectivity index is 2.25. The number of fused-ring (bicyclic) bond motifs is 1. The molecule has 70 valence electrons. The minimum atomic E-state index is -0.292. The van der Waals surface area contributed by atoms with E-state index in [1.54, 1.807) is 23.9 Å². The average Bonchev–Trinajstić information content (AvgIpc) is 2.46. The van der Waals surface area contributed by atoms with Crippen molar-refractivity contribution >= 4 is 11.8 Å². The van der Waals surface area contributed by atoms with E-state index in [1.807, 2.05) is 13.0 Å². The molecule has 1 aliphatic heterocycles. The van der Waals surface area contributed by atoms with Crippen molar-refractivity contribution in [1.29, 1.82) is 0 Å². The number of hydrogen-bond donors (Lipinski definition) is 2. The molecule has 1 aromatic rings. The van der Waals surface area contributed by atoms with Gasteiger partial charge in [-0.3, -0.25) is 0 Å². The number of rotatable bonds is 1. The Hall–Kier alpha value is -0.670. The van der Waals surface area contributed by atoms with Crippen molar-refractivity contribution in [2.75, 3.05) is 0 Å². The van der Waals surface area contributed by atoms with Crippen LogP contribution in [0.3, 0.4) is 0 Å². The predicted molar refractivity (Wildman–Crippen MR) is 53.1 cm³/mol. The van der Waals surface area contributed by atoms with Gasteiger partial charge in [0, 0.05) is 10.1 Å². The van der Waals surface area contributed by atoms with Gasteiger partial charge in [0.2, 0.25) is 0 Å². The molecule has 0 aliphatic carbocycles. The Bertz CT molecular complexity index is 323. The molecule has 0 aromatic heterocycles. The van der Waals surface area contributed by atoms with Gasteiger partial charge in [0.25, 0.3) is 0 Å². The smallest absolute Gasteiger partial charge is 0.115 e. The van der Waals surface area contributed by atoms with Crippen LogP contribution in [0, 0.1) is 0 Å². The Morgan fingerprint density at radius 1 is 1.54 bits per heavy atom. The number of hydrogen-bond acceptors (Lipinski definition) is 3. The second-order valence-electron chi connectivity index (χ2n) is 3.39. The first-order valence-corrected chi connectivity index (χ1v) is 5.21. The average molecular weight is 196 g/mol. The maximum absolute atomic E-state index is 9.41. The minimum absolute atomic E-state index is 0.247. The van der Waals surface area contributed by atoms with Crippen LogP contribution >= 0.6 is 11.8 Å². The van der Waals surface area contributed by atoms with E-state index < -0.39 is 0 Å². The van der Waals surface area contributed by atoms with Gasteiger partial charge in [-0.05, 0) is 37.1 Å². The summed E-state index contributed by atoms with van der Waals surface area (Å²) >= 11 is 1.69. The molecule has 0 fully saturated rings. The van der Waals surface area contributed by atoms with Crippen LogP contribution in [0.2, 0.25) is 0 Å². The summed E-state index contributed by atoms with van der Waals surface area (Å²) < 4.78 is 0. The third-order valence-corrected chi connectivity index (χ3v) is 3.80. The molecule has 2 N–H and O–H groups in total. The summed E-state index contributed by atoms with van der Waals surface area (Å²) in [7, 11) is 0. The number of aromatic hydroxyl groups is 1. The van der Waals surface area contributed by atoms with Gasteiger partial charge in [-0.1, -0.05) is 0 Å². The Morgan fingerprint density at radius 2 is 2.31 bits per heavy atom. The molecule has 0 spiro atoms. The van der Waals surface area contributed by atoms with Crippen molar-refractivity contribution in [3.8, 4) is 5.75 Å². The summed E-state index contributed by atoms with van der Waals surface area (Å²) in [6.07, 6.45) is 0.561. The summed E-state index contributed by atoms with van der Waals surface area (Å²) in [6, 6.07) is 5.39. The Kier molecular flexibility index (Phi) is 2.22. The van der Waals surface area contributed by atoms with E-state index in [1.165, 1.54) is 4.90 Å². The lowest BCUT2D eigenvalue weighted by molar-refractivity contribution is 0.192. The molecule has 2 rings (SSSR count). The minimum Gasteiger partial charge on any atom is -0.508 e. The highest BCUT2D eigenvalue weighted by atomic mass is 32.2. The molecule has 2 unspecified atom stereocenters. The molecule has 0 bridgehead atoms. The van der Waals surface area contributed by atoms with E-state index in [2.05, 4.69) is 0 Å². The number of phenolic OH excluding ortho intramolecular Hbond substituents is 1. The van der Waals surface area contributed by atoms with Crippen molar-refractivity contribution in [1.82, 2.24) is 0 Å². The molecule has 0 saturated carbocycles.